The van der Waals surface area contributed by atoms with Crippen LogP contribution in [-0.4, -0.2) is 41.1 Å². The van der Waals surface area contributed by atoms with Crippen molar-refractivity contribution >= 4 is 29.3 Å². The maximum Gasteiger partial charge on any atom is 0.242 e. The summed E-state index contributed by atoms with van der Waals surface area (Å²) in [6.45, 7) is 1.68. The number of likely N-dealkylation sites (N-methyl/N-ethyl adjacent to an activating group) is 1. The van der Waals surface area contributed by atoms with Crippen LogP contribution in [0.25, 0.3) is 0 Å². The van der Waals surface area contributed by atoms with Gasteiger partial charge in [-0.1, -0.05) is 42.0 Å². The molecule has 0 spiro atoms. The normalized spacial score (nSPS) is 30.0. The van der Waals surface area contributed by atoms with Crippen molar-refractivity contribution in [2.45, 2.75) is 19.4 Å². The molecule has 5 atom stereocenters. The third-order valence-electron chi connectivity index (χ3n) is 6.18. The van der Waals surface area contributed by atoms with Gasteiger partial charge in [-0.25, -0.2) is 0 Å². The summed E-state index contributed by atoms with van der Waals surface area (Å²) in [5.41, 5.74) is 0.836. The molecule has 2 fully saturated rings. The zero-order valence-corrected chi connectivity index (χ0v) is 15.5. The highest BCUT2D eigenvalue weighted by atomic mass is 35.5. The van der Waals surface area contributed by atoms with Crippen LogP contribution in [0.5, 0.6) is 0 Å². The van der Waals surface area contributed by atoms with Crippen molar-refractivity contribution < 1.29 is 14.4 Å². The number of halogens is 1. The van der Waals surface area contributed by atoms with Crippen LogP contribution in [0.15, 0.2) is 36.4 Å². The Morgan fingerprint density at radius 3 is 2.35 bits per heavy atom. The molecule has 3 aliphatic rings. The molecule has 1 aromatic rings. The quantitative estimate of drug-likeness (QED) is 0.603. The highest BCUT2D eigenvalue weighted by molar-refractivity contribution is 6.31. The van der Waals surface area contributed by atoms with E-state index in [9.17, 15) is 14.4 Å². The first-order valence-corrected chi connectivity index (χ1v) is 9.31. The average Bonchev–Trinajstić information content (AvgIpc) is 3.31. The first-order valence-electron chi connectivity index (χ1n) is 8.93. The summed E-state index contributed by atoms with van der Waals surface area (Å²) in [5.74, 6) is -0.872. The van der Waals surface area contributed by atoms with Gasteiger partial charge < -0.3 is 4.90 Å². The molecule has 5 nitrogen and oxygen atoms in total. The van der Waals surface area contributed by atoms with E-state index in [1.54, 1.807) is 18.0 Å². The van der Waals surface area contributed by atoms with Crippen molar-refractivity contribution in [2.75, 3.05) is 13.6 Å². The number of allylic oxidation sites excluding steroid dienone is 2. The Kier molecular flexibility index (Phi) is 4.14. The van der Waals surface area contributed by atoms with Gasteiger partial charge >= 0.3 is 0 Å². The van der Waals surface area contributed by atoms with Gasteiger partial charge in [0.15, 0.2) is 0 Å². The highest BCUT2D eigenvalue weighted by Gasteiger charge is 2.59. The van der Waals surface area contributed by atoms with Crippen molar-refractivity contribution in [3.8, 4) is 0 Å². The SMILES string of the molecule is C[C@H](c1ccccc1Cl)N(C)C(=O)CN1C(=O)[C@@H]2[C@H](C1=O)[C@H]1C=C[C@H]2C1. The Bertz CT molecular complexity index is 791. The number of carbonyl (C=O) groups is 3. The predicted octanol–water partition coefficient (Wildman–Crippen LogP) is 2.67. The molecule has 0 radical (unpaired) electrons. The van der Waals surface area contributed by atoms with Crippen LogP contribution < -0.4 is 0 Å². The Morgan fingerprint density at radius 2 is 1.77 bits per heavy atom. The fraction of sp³-hybridized carbons (Fsp3) is 0.450. The summed E-state index contributed by atoms with van der Waals surface area (Å²) in [6, 6.07) is 7.11. The standard InChI is InChI=1S/C20H21ClN2O3/c1-11(14-5-3-4-6-15(14)21)22(2)16(24)10-23-19(25)17-12-7-8-13(9-12)18(17)20(23)26/h3-8,11-13,17-18H,9-10H2,1-2H3/t11-,12+,13+,17-,18+/m1/s1. The number of fused-ring (bicyclic) bond motifs is 5. The molecule has 3 amide bonds. The zero-order chi connectivity index (χ0) is 18.6. The minimum atomic E-state index is -0.267. The van der Waals surface area contributed by atoms with Crippen LogP contribution in [0.4, 0.5) is 0 Å². The van der Waals surface area contributed by atoms with Crippen LogP contribution in [-0.2, 0) is 14.4 Å². The predicted molar refractivity (Wildman–Crippen MR) is 97.1 cm³/mol. The van der Waals surface area contributed by atoms with Gasteiger partial charge in [0.25, 0.3) is 0 Å². The van der Waals surface area contributed by atoms with E-state index in [1.807, 2.05) is 37.3 Å². The number of amides is 3. The van der Waals surface area contributed by atoms with Crippen molar-refractivity contribution in [3.05, 3.63) is 47.0 Å². The maximum atomic E-state index is 12.7. The molecule has 0 N–H and O–H groups in total. The second kappa shape index (κ2) is 6.23. The Morgan fingerprint density at radius 1 is 1.19 bits per heavy atom. The number of imide groups is 1. The van der Waals surface area contributed by atoms with Gasteiger partial charge in [-0.15, -0.1) is 0 Å². The van der Waals surface area contributed by atoms with Gasteiger partial charge in [0.05, 0.1) is 17.9 Å². The molecule has 0 aromatic heterocycles. The number of benzene rings is 1. The number of likely N-dealkylation sites (tertiary alicyclic amines) is 1. The molecule has 1 saturated carbocycles. The fourth-order valence-electron chi connectivity index (χ4n) is 4.61. The van der Waals surface area contributed by atoms with E-state index in [-0.39, 0.29) is 54.0 Å². The van der Waals surface area contributed by atoms with Crippen LogP contribution in [0, 0.1) is 23.7 Å². The van der Waals surface area contributed by atoms with Gasteiger partial charge in [-0.05, 0) is 36.8 Å². The number of hydrogen-bond acceptors (Lipinski definition) is 3. The van der Waals surface area contributed by atoms with Crippen LogP contribution in [0.2, 0.25) is 5.02 Å². The second-order valence-corrected chi connectivity index (χ2v) is 7.87. The molecule has 1 aromatic carbocycles. The fourth-order valence-corrected chi connectivity index (χ4v) is 4.90. The van der Waals surface area contributed by atoms with E-state index in [4.69, 9.17) is 11.6 Å². The van der Waals surface area contributed by atoms with E-state index >= 15 is 0 Å². The number of hydrogen-bond donors (Lipinski definition) is 0. The lowest BCUT2D eigenvalue weighted by molar-refractivity contribution is -0.147. The lowest BCUT2D eigenvalue weighted by Crippen LogP contribution is -2.43. The topological polar surface area (TPSA) is 57.7 Å². The minimum absolute atomic E-state index is 0.154. The summed E-state index contributed by atoms with van der Waals surface area (Å²) in [6.07, 6.45) is 4.99. The van der Waals surface area contributed by atoms with Gasteiger partial charge in [0, 0.05) is 12.1 Å². The monoisotopic (exact) mass is 372 g/mol. The van der Waals surface area contributed by atoms with Gasteiger partial charge in [0.1, 0.15) is 6.54 Å². The van der Waals surface area contributed by atoms with Gasteiger partial charge in [-0.2, -0.15) is 0 Å². The largest absolute Gasteiger partial charge is 0.337 e. The molecule has 1 aliphatic heterocycles. The molecule has 2 aliphatic carbocycles. The van der Waals surface area contributed by atoms with Gasteiger partial charge in [0.2, 0.25) is 17.7 Å². The van der Waals surface area contributed by atoms with Crippen molar-refractivity contribution in [3.63, 3.8) is 0 Å². The summed E-state index contributed by atoms with van der Waals surface area (Å²) in [5, 5.41) is 0.588. The third-order valence-corrected chi connectivity index (χ3v) is 6.53. The van der Waals surface area contributed by atoms with E-state index in [0.29, 0.717) is 5.02 Å². The molecule has 1 heterocycles. The smallest absolute Gasteiger partial charge is 0.242 e. The number of carbonyl (C=O) groups excluding carboxylic acids is 3. The molecule has 136 valence electrons. The van der Waals surface area contributed by atoms with Crippen LogP contribution in [0.1, 0.15) is 24.9 Å². The van der Waals surface area contributed by atoms with Crippen molar-refractivity contribution in [2.24, 2.45) is 23.7 Å². The molecule has 2 bridgehead atoms. The average molecular weight is 373 g/mol. The molecule has 26 heavy (non-hydrogen) atoms. The lowest BCUT2D eigenvalue weighted by Gasteiger charge is -2.28. The summed E-state index contributed by atoms with van der Waals surface area (Å²) >= 11 is 6.22. The zero-order valence-electron chi connectivity index (χ0n) is 14.8. The van der Waals surface area contributed by atoms with E-state index in [1.165, 1.54) is 4.90 Å². The van der Waals surface area contributed by atoms with E-state index < -0.39 is 0 Å². The van der Waals surface area contributed by atoms with Gasteiger partial charge in [-0.3, -0.25) is 19.3 Å². The van der Waals surface area contributed by atoms with Crippen molar-refractivity contribution in [1.82, 2.24) is 9.80 Å². The Hall–Kier alpha value is -2.14. The Balaban J connectivity index is 1.48. The summed E-state index contributed by atoms with van der Waals surface area (Å²) in [7, 11) is 1.67. The summed E-state index contributed by atoms with van der Waals surface area (Å²) < 4.78 is 0. The molecule has 6 heteroatoms. The lowest BCUT2D eigenvalue weighted by atomic mass is 9.85. The number of rotatable bonds is 4. The molecule has 1 saturated heterocycles. The first kappa shape index (κ1) is 17.3. The molecular formula is C20H21ClN2O3. The van der Waals surface area contributed by atoms with E-state index in [2.05, 4.69) is 0 Å². The van der Waals surface area contributed by atoms with E-state index in [0.717, 1.165) is 12.0 Å². The second-order valence-electron chi connectivity index (χ2n) is 7.46. The first-order chi connectivity index (χ1) is 12.4. The molecule has 0 unspecified atom stereocenters. The van der Waals surface area contributed by atoms with Crippen LogP contribution in [0.3, 0.4) is 0 Å². The maximum absolute atomic E-state index is 12.7. The molecular weight excluding hydrogens is 352 g/mol. The van der Waals surface area contributed by atoms with Crippen LogP contribution >= 0.6 is 11.6 Å². The minimum Gasteiger partial charge on any atom is -0.337 e. The molecule has 4 rings (SSSR count). The third kappa shape index (κ3) is 2.49. The number of nitrogens with zero attached hydrogens (tertiary/aromatic N) is 2. The Labute approximate surface area is 157 Å². The highest BCUT2D eigenvalue weighted by Crippen LogP contribution is 2.52. The van der Waals surface area contributed by atoms with Crippen molar-refractivity contribution in [1.29, 1.82) is 0 Å². The summed E-state index contributed by atoms with van der Waals surface area (Å²) in [4.78, 5) is 40.9.